The quantitative estimate of drug-likeness (QED) is 0.295. The molecule has 4 aromatic rings. The minimum absolute atomic E-state index is 0.394. The fourth-order valence-electron chi connectivity index (χ4n) is 4.98. The number of hydrogen-bond donors (Lipinski definition) is 2. The Labute approximate surface area is 259 Å². The molecule has 2 aliphatic rings. The third-order valence-electron chi connectivity index (χ3n) is 7.43. The summed E-state index contributed by atoms with van der Waals surface area (Å²) >= 11 is 1.63. The minimum atomic E-state index is -3.16. The molecule has 0 atom stereocenters. The monoisotopic (exact) mass is 638 g/mol. The second-order valence-electron chi connectivity index (χ2n) is 10.6. The molecule has 232 valence electrons. The number of aryl methyl sites for hydroxylation is 1. The van der Waals surface area contributed by atoms with Gasteiger partial charge in [0.2, 0.25) is 21.9 Å². The zero-order valence-corrected chi connectivity index (χ0v) is 26.1. The number of sulfonamides is 1. The van der Waals surface area contributed by atoms with Crippen molar-refractivity contribution in [2.45, 2.75) is 6.54 Å². The number of nitrogens with one attached hydrogen (secondary N) is 2. The van der Waals surface area contributed by atoms with Crippen molar-refractivity contribution in [2.75, 3.05) is 74.3 Å². The normalized spacial score (nSPS) is 16.6. The van der Waals surface area contributed by atoms with Crippen LogP contribution in [0.4, 0.5) is 22.4 Å². The number of hydrogen-bond acceptors (Lipinski definition) is 11. The highest BCUT2D eigenvalue weighted by Crippen LogP contribution is 2.30. The van der Waals surface area contributed by atoms with Crippen LogP contribution in [0, 0.1) is 0 Å². The van der Waals surface area contributed by atoms with Crippen molar-refractivity contribution in [1.29, 1.82) is 0 Å². The summed E-state index contributed by atoms with van der Waals surface area (Å²) in [6.07, 6.45) is 4.62. The van der Waals surface area contributed by atoms with Crippen LogP contribution in [0.15, 0.2) is 48.8 Å². The maximum atomic E-state index is 12.4. The van der Waals surface area contributed by atoms with E-state index in [0.717, 1.165) is 21.9 Å². The third-order valence-corrected chi connectivity index (χ3v) is 9.80. The lowest BCUT2D eigenvalue weighted by Gasteiger charge is -2.32. The van der Waals surface area contributed by atoms with E-state index in [-0.39, 0.29) is 0 Å². The lowest BCUT2D eigenvalue weighted by molar-refractivity contribution is 0.122. The molecule has 0 spiro atoms. The van der Waals surface area contributed by atoms with Crippen LogP contribution in [0.3, 0.4) is 0 Å². The molecule has 0 radical (unpaired) electrons. The van der Waals surface area contributed by atoms with E-state index in [0.29, 0.717) is 81.7 Å². The van der Waals surface area contributed by atoms with E-state index in [1.807, 2.05) is 18.2 Å². The zero-order chi connectivity index (χ0) is 30.7. The summed E-state index contributed by atoms with van der Waals surface area (Å²) in [6.45, 7) is 5.69. The fraction of sp³-hybridized carbons (Fsp3) is 0.393. The molecule has 2 fully saturated rings. The summed E-state index contributed by atoms with van der Waals surface area (Å²) in [6, 6.07) is 11.1. The summed E-state index contributed by atoms with van der Waals surface area (Å²) in [7, 11) is -1.36. The number of rotatable bonds is 8. The number of nitrogens with zero attached hydrogens (tertiary/aromatic N) is 8. The predicted octanol–water partition coefficient (Wildman–Crippen LogP) is 2.56. The van der Waals surface area contributed by atoms with Gasteiger partial charge in [-0.25, -0.2) is 23.2 Å². The molecule has 5 heterocycles. The average Bonchev–Trinajstić information content (AvgIpc) is 3.66. The Morgan fingerprint density at radius 3 is 2.34 bits per heavy atom. The second kappa shape index (κ2) is 13.0. The van der Waals surface area contributed by atoms with Gasteiger partial charge >= 0.3 is 6.03 Å². The predicted molar refractivity (Wildman–Crippen MR) is 169 cm³/mol. The first-order valence-electron chi connectivity index (χ1n) is 14.2. The Morgan fingerprint density at radius 2 is 1.66 bits per heavy atom. The first kappa shape index (κ1) is 30.1. The number of imidazole rings is 1. The molecule has 44 heavy (non-hydrogen) atoms. The Hall–Kier alpha value is -3.96. The van der Waals surface area contributed by atoms with E-state index in [9.17, 15) is 13.2 Å². The third kappa shape index (κ3) is 7.22. The van der Waals surface area contributed by atoms with Crippen LogP contribution < -0.4 is 15.5 Å². The summed E-state index contributed by atoms with van der Waals surface area (Å²) in [5.74, 6) is 2.16. The van der Waals surface area contributed by atoms with E-state index < -0.39 is 16.1 Å². The molecular weight excluding hydrogens is 605 g/mol. The molecule has 2 saturated heterocycles. The van der Waals surface area contributed by atoms with Crippen molar-refractivity contribution in [3.63, 3.8) is 0 Å². The van der Waals surface area contributed by atoms with Crippen LogP contribution in [0.2, 0.25) is 0 Å². The highest BCUT2D eigenvalue weighted by molar-refractivity contribution is 7.88. The number of aromatic nitrogens is 5. The first-order valence-corrected chi connectivity index (χ1v) is 16.9. The van der Waals surface area contributed by atoms with Gasteiger partial charge in [-0.15, -0.1) is 11.3 Å². The molecule has 0 unspecified atom stereocenters. The van der Waals surface area contributed by atoms with Gasteiger partial charge in [-0.05, 0) is 36.4 Å². The molecule has 2 aliphatic heterocycles. The maximum Gasteiger partial charge on any atom is 0.326 e. The molecular formula is C28H34N10O4S2. The molecule has 2 amide bonds. The van der Waals surface area contributed by atoms with Gasteiger partial charge in [0.15, 0.2) is 11.6 Å². The molecule has 16 heteroatoms. The van der Waals surface area contributed by atoms with Crippen LogP contribution >= 0.6 is 11.3 Å². The molecule has 2 N–H and O–H groups in total. The number of thiophene rings is 1. The number of urea groups is 1. The van der Waals surface area contributed by atoms with Gasteiger partial charge in [0, 0.05) is 81.4 Å². The smallest absolute Gasteiger partial charge is 0.326 e. The van der Waals surface area contributed by atoms with Crippen molar-refractivity contribution in [1.82, 2.24) is 33.7 Å². The van der Waals surface area contributed by atoms with E-state index in [1.54, 1.807) is 47.5 Å². The minimum Gasteiger partial charge on any atom is -0.378 e. The largest absolute Gasteiger partial charge is 0.378 e. The van der Waals surface area contributed by atoms with Crippen molar-refractivity contribution in [3.8, 4) is 22.1 Å². The van der Waals surface area contributed by atoms with E-state index in [1.165, 1.54) is 10.6 Å². The number of carbonyl (C=O) groups is 1. The van der Waals surface area contributed by atoms with Crippen molar-refractivity contribution >= 4 is 45.0 Å². The number of ether oxygens (including phenoxy) is 1. The first-order chi connectivity index (χ1) is 21.2. The van der Waals surface area contributed by atoms with Gasteiger partial charge in [-0.2, -0.15) is 14.3 Å². The van der Waals surface area contributed by atoms with Crippen LogP contribution in [-0.4, -0.2) is 107 Å². The number of amides is 2. The molecule has 0 bridgehead atoms. The fourth-order valence-corrected chi connectivity index (χ4v) is 6.80. The SMILES string of the molecule is Cn1ccnc1NC(=O)Nc1ccc(-c2nc(-c3ccc(CN4CCN(S(C)(=O)=O)CC4)s3)nc(N3CCOCC3)n2)cc1. The highest BCUT2D eigenvalue weighted by Gasteiger charge is 2.24. The molecule has 14 nitrogen and oxygen atoms in total. The van der Waals surface area contributed by atoms with Gasteiger partial charge in [0.1, 0.15) is 0 Å². The number of carbonyl (C=O) groups excluding carboxylic acids is 1. The Kier molecular flexibility index (Phi) is 8.86. The standard InChI is InChI=1S/C28H34N10O4S2/c1-35-10-9-29-26(35)34-28(39)30-21-5-3-20(4-6-21)24-31-25(33-27(32-24)37-15-17-42-18-16-37)23-8-7-22(43-23)19-36-11-13-38(14-12-36)44(2,40)41/h3-10H,11-19H2,1-2H3,(H2,29,30,34,39). The van der Waals surface area contributed by atoms with Crippen molar-refractivity contribution in [3.05, 3.63) is 53.7 Å². The summed E-state index contributed by atoms with van der Waals surface area (Å²) < 4.78 is 32.5. The van der Waals surface area contributed by atoms with Crippen molar-refractivity contribution in [2.24, 2.45) is 7.05 Å². The van der Waals surface area contributed by atoms with E-state index in [4.69, 9.17) is 19.7 Å². The van der Waals surface area contributed by atoms with Gasteiger partial charge in [0.05, 0.1) is 24.3 Å². The Balaban J connectivity index is 1.19. The lowest BCUT2D eigenvalue weighted by atomic mass is 10.2. The molecule has 1 aromatic carbocycles. The maximum absolute atomic E-state index is 12.4. The lowest BCUT2D eigenvalue weighted by Crippen LogP contribution is -2.47. The second-order valence-corrected chi connectivity index (χ2v) is 13.8. The zero-order valence-electron chi connectivity index (χ0n) is 24.5. The number of benzene rings is 1. The Bertz CT molecular complexity index is 1710. The van der Waals surface area contributed by atoms with Crippen molar-refractivity contribution < 1.29 is 17.9 Å². The number of piperazine rings is 1. The summed E-state index contributed by atoms with van der Waals surface area (Å²) in [5.41, 5.74) is 1.40. The van der Waals surface area contributed by atoms with E-state index in [2.05, 4.69) is 31.5 Å². The van der Waals surface area contributed by atoms with Gasteiger partial charge < -0.3 is 19.5 Å². The summed E-state index contributed by atoms with van der Waals surface area (Å²) in [5, 5.41) is 5.53. The number of anilines is 3. The van der Waals surface area contributed by atoms with Crippen LogP contribution in [0.25, 0.3) is 22.1 Å². The molecule has 3 aromatic heterocycles. The van der Waals surface area contributed by atoms with Gasteiger partial charge in [-0.1, -0.05) is 0 Å². The van der Waals surface area contributed by atoms with Crippen LogP contribution in [-0.2, 0) is 28.4 Å². The van der Waals surface area contributed by atoms with Gasteiger partial charge in [0.25, 0.3) is 0 Å². The van der Waals surface area contributed by atoms with Crippen LogP contribution in [0.1, 0.15) is 4.88 Å². The molecule has 0 saturated carbocycles. The van der Waals surface area contributed by atoms with Crippen LogP contribution in [0.5, 0.6) is 0 Å². The molecule has 0 aliphatic carbocycles. The van der Waals surface area contributed by atoms with E-state index >= 15 is 0 Å². The highest BCUT2D eigenvalue weighted by atomic mass is 32.2. The topological polar surface area (TPSA) is 151 Å². The number of morpholine rings is 1. The molecule has 6 rings (SSSR count). The summed E-state index contributed by atoms with van der Waals surface area (Å²) in [4.78, 5) is 37.5. The Morgan fingerprint density at radius 1 is 0.932 bits per heavy atom. The average molecular weight is 639 g/mol. The van der Waals surface area contributed by atoms with Gasteiger partial charge in [-0.3, -0.25) is 10.2 Å².